The van der Waals surface area contributed by atoms with Crippen LogP contribution in [0.3, 0.4) is 0 Å². The summed E-state index contributed by atoms with van der Waals surface area (Å²) in [6.45, 7) is 0. The Morgan fingerprint density at radius 2 is 1.40 bits per heavy atom. The molecular weight excluding hydrogens is 798 g/mol. The molecule has 0 bridgehead atoms. The molecule has 3 aliphatic carbocycles. The highest BCUT2D eigenvalue weighted by Crippen LogP contribution is 2.64. The van der Waals surface area contributed by atoms with Crippen LogP contribution in [0, 0.1) is 23.7 Å². The number of fused-ring (bicyclic) bond motifs is 4. The molecule has 13 heteroatoms. The van der Waals surface area contributed by atoms with Crippen molar-refractivity contribution in [1.29, 1.82) is 0 Å². The van der Waals surface area contributed by atoms with Crippen LogP contribution in [0.5, 0.6) is 11.5 Å². The van der Waals surface area contributed by atoms with Crippen molar-refractivity contribution in [3.05, 3.63) is 162 Å². The number of carbonyl (C=O) groups excluding carboxylic acids is 4. The van der Waals surface area contributed by atoms with Gasteiger partial charge < -0.3 is 14.7 Å². The summed E-state index contributed by atoms with van der Waals surface area (Å²) in [5, 5.41) is 20.3. The normalized spacial score (nSPS) is 24.6. The number of imide groups is 1. The summed E-state index contributed by atoms with van der Waals surface area (Å²) in [6, 6.07) is 34.3. The Labute approximate surface area is 354 Å². The fraction of sp³-hybridized carbons (Fsp3) is 0.224. The number of alkyl halides is 3. The number of rotatable bonds is 8. The number of benzene rings is 5. The van der Waals surface area contributed by atoms with Gasteiger partial charge in [0.25, 0.3) is 0 Å². The van der Waals surface area contributed by atoms with Crippen LogP contribution in [0.15, 0.2) is 155 Å². The number of amides is 2. The fourth-order valence-electron chi connectivity index (χ4n) is 10.0. The highest BCUT2D eigenvalue weighted by molar-refractivity contribution is 6.32. The second kappa shape index (κ2) is 15.4. The number of anilines is 2. The Morgan fingerprint density at radius 3 is 2.03 bits per heavy atom. The average molecular weight is 837 g/mol. The van der Waals surface area contributed by atoms with Crippen LogP contribution in [0.4, 0.5) is 35.9 Å². The average Bonchev–Trinajstić information content (AvgIpc) is 3.53. The van der Waals surface area contributed by atoms with Gasteiger partial charge in [-0.05, 0) is 103 Å². The highest BCUT2D eigenvalue weighted by atomic mass is 19.4. The molecular formula is C49H39F3N4O6. The lowest BCUT2D eigenvalue weighted by Gasteiger charge is -2.55. The number of phenols is 1. The van der Waals surface area contributed by atoms with E-state index in [0.717, 1.165) is 28.8 Å². The third kappa shape index (κ3) is 6.77. The van der Waals surface area contributed by atoms with E-state index in [1.54, 1.807) is 91.0 Å². The first-order valence-electron chi connectivity index (χ1n) is 20.1. The minimum absolute atomic E-state index is 0.0334. The molecule has 0 spiro atoms. The zero-order chi connectivity index (χ0) is 43.5. The number of allylic oxidation sites excluding steroid dienone is 4. The third-order valence-electron chi connectivity index (χ3n) is 12.7. The molecule has 0 aromatic heterocycles. The molecule has 1 heterocycles. The zero-order valence-corrected chi connectivity index (χ0v) is 33.5. The van der Waals surface area contributed by atoms with Gasteiger partial charge in [-0.3, -0.25) is 24.1 Å². The molecule has 62 heavy (non-hydrogen) atoms. The largest absolute Gasteiger partial charge is 0.573 e. The van der Waals surface area contributed by atoms with E-state index in [4.69, 9.17) is 0 Å². The van der Waals surface area contributed by atoms with E-state index in [-0.39, 0.29) is 24.0 Å². The number of ketones is 2. The number of aromatic hydroxyl groups is 1. The maximum atomic E-state index is 15.2. The van der Waals surface area contributed by atoms with E-state index in [0.29, 0.717) is 33.8 Å². The summed E-state index contributed by atoms with van der Waals surface area (Å²) in [5.41, 5.74) is 2.12. The van der Waals surface area contributed by atoms with Crippen LogP contribution in [-0.2, 0) is 24.6 Å². The molecule has 5 aromatic rings. The Kier molecular flexibility index (Phi) is 10.00. The van der Waals surface area contributed by atoms with Gasteiger partial charge in [0.1, 0.15) is 11.5 Å². The number of hydrogen-bond acceptors (Lipinski definition) is 9. The minimum atomic E-state index is -5.08. The van der Waals surface area contributed by atoms with E-state index >= 15 is 9.59 Å². The van der Waals surface area contributed by atoms with Crippen molar-refractivity contribution < 1.29 is 42.2 Å². The van der Waals surface area contributed by atoms with Crippen molar-refractivity contribution in [1.82, 2.24) is 0 Å². The number of hydrogen-bond donors (Lipinski definition) is 1. The molecule has 0 radical (unpaired) electrons. The molecule has 1 saturated heterocycles. The van der Waals surface area contributed by atoms with Gasteiger partial charge in [-0.25, -0.2) is 0 Å². The van der Waals surface area contributed by atoms with Gasteiger partial charge in [0.2, 0.25) is 11.8 Å². The number of halogens is 3. The Bertz CT molecular complexity index is 2700. The van der Waals surface area contributed by atoms with Gasteiger partial charge in [-0.1, -0.05) is 72.3 Å². The number of carbonyl (C=O) groups is 4. The van der Waals surface area contributed by atoms with Crippen LogP contribution in [0.1, 0.15) is 35.4 Å². The summed E-state index contributed by atoms with van der Waals surface area (Å²) >= 11 is 0. The monoisotopic (exact) mass is 836 g/mol. The molecule has 2 fully saturated rings. The second-order valence-electron chi connectivity index (χ2n) is 16.2. The van der Waals surface area contributed by atoms with Crippen LogP contribution < -0.4 is 14.5 Å². The van der Waals surface area contributed by atoms with Crippen molar-refractivity contribution in [3.8, 4) is 11.5 Å². The van der Waals surface area contributed by atoms with Crippen molar-refractivity contribution in [2.75, 3.05) is 23.9 Å². The predicted octanol–water partition coefficient (Wildman–Crippen LogP) is 9.80. The maximum Gasteiger partial charge on any atom is 0.573 e. The molecule has 10 nitrogen and oxygen atoms in total. The fourth-order valence-corrected chi connectivity index (χ4v) is 10.0. The van der Waals surface area contributed by atoms with Crippen molar-refractivity contribution >= 4 is 51.7 Å². The molecule has 0 unspecified atom stereocenters. The second-order valence-corrected chi connectivity index (χ2v) is 16.2. The van der Waals surface area contributed by atoms with Crippen molar-refractivity contribution in [2.24, 2.45) is 33.9 Å². The molecule has 9 rings (SSSR count). The maximum absolute atomic E-state index is 15.2. The first-order valence-corrected chi connectivity index (χ1v) is 20.1. The van der Waals surface area contributed by atoms with Crippen molar-refractivity contribution in [3.63, 3.8) is 0 Å². The highest BCUT2D eigenvalue weighted by Gasteiger charge is 2.66. The first kappa shape index (κ1) is 40.3. The lowest BCUT2D eigenvalue weighted by Crippen LogP contribution is -2.58. The minimum Gasteiger partial charge on any atom is -0.508 e. The number of azo groups is 1. The number of phenolic OH excluding ortho intramolecular Hbond substituents is 1. The predicted molar refractivity (Wildman–Crippen MR) is 225 cm³/mol. The smallest absolute Gasteiger partial charge is 0.508 e. The van der Waals surface area contributed by atoms with Crippen LogP contribution >= 0.6 is 0 Å². The van der Waals surface area contributed by atoms with Crippen LogP contribution in [-0.4, -0.2) is 48.9 Å². The van der Waals surface area contributed by atoms with Crippen LogP contribution in [0.2, 0.25) is 0 Å². The molecule has 2 amide bonds. The van der Waals surface area contributed by atoms with Gasteiger partial charge in [0.05, 0.1) is 34.3 Å². The van der Waals surface area contributed by atoms with Crippen LogP contribution in [0.25, 0.3) is 5.57 Å². The summed E-state index contributed by atoms with van der Waals surface area (Å²) in [4.78, 5) is 62.7. The molecule has 5 aromatic carbocycles. The lowest BCUT2D eigenvalue weighted by molar-refractivity contribution is -0.274. The molecule has 6 atom stereocenters. The SMILES string of the molecule is CN(C)c1ccc(N=Nc2ccc(N3C(=O)[C@H]4[C@H](CC=C5[C@H]4C[C@H]4C(=O)C(c6ccccc6)=CC(=O)[C@@]4(c4ccccc4)[C@H]5c4cc(OC(F)(F)F)ccc4O)C3=O)cc2)cc1. The number of nitrogens with zero attached hydrogens (tertiary/aromatic N) is 4. The van der Waals surface area contributed by atoms with Crippen molar-refractivity contribution in [2.45, 2.75) is 30.5 Å². The quantitative estimate of drug-likeness (QED) is 0.0936. The van der Waals surface area contributed by atoms with Gasteiger partial charge in [-0.2, -0.15) is 10.2 Å². The topological polar surface area (TPSA) is 129 Å². The molecule has 1 aliphatic heterocycles. The van der Waals surface area contributed by atoms with E-state index in [9.17, 15) is 27.9 Å². The Balaban J connectivity index is 1.14. The molecule has 1 N–H and O–H groups in total. The van der Waals surface area contributed by atoms with E-state index in [1.165, 1.54) is 6.08 Å². The Morgan fingerprint density at radius 1 is 0.774 bits per heavy atom. The Hall–Kier alpha value is -7.15. The van der Waals surface area contributed by atoms with E-state index in [1.807, 2.05) is 43.3 Å². The lowest BCUT2D eigenvalue weighted by atomic mass is 9.44. The van der Waals surface area contributed by atoms with E-state index in [2.05, 4.69) is 15.0 Å². The van der Waals surface area contributed by atoms with E-state index < -0.39 is 76.2 Å². The van der Waals surface area contributed by atoms with Gasteiger partial charge in [0, 0.05) is 42.8 Å². The molecule has 1 saturated carbocycles. The third-order valence-corrected chi connectivity index (χ3v) is 12.7. The zero-order valence-electron chi connectivity index (χ0n) is 33.5. The number of Topliss-reactive ketones (excluding diaryl/α,β-unsaturated/α-hetero) is 1. The summed E-state index contributed by atoms with van der Waals surface area (Å²) in [6.07, 6.45) is -1.98. The van der Waals surface area contributed by atoms with Gasteiger partial charge in [-0.15, -0.1) is 13.2 Å². The first-order chi connectivity index (χ1) is 29.8. The van der Waals surface area contributed by atoms with Gasteiger partial charge >= 0.3 is 6.36 Å². The van der Waals surface area contributed by atoms with Gasteiger partial charge in [0.15, 0.2) is 11.6 Å². The standard InChI is InChI=1S/C49H39F3N4O6/c1-55(2)32-17-13-30(14-18-32)53-54-31-15-19-33(20-16-31)56-46(60)36-23-22-35-38(43(36)47(56)61)26-40-45(59)37(28-9-5-3-6-10-28)27-42(58)48(40,29-11-7-4-8-12-29)44(35)39-25-34(21-24-41(39)57)62-49(50,51)52/h3-22,24-25,27,36,38,40,43-44,57H,23,26H2,1-2H3/t36-,38+,40-,43-,44+,48-/m0/s1. The molecule has 312 valence electrons. The summed E-state index contributed by atoms with van der Waals surface area (Å²) in [7, 11) is 3.87. The number of ether oxygens (including phenoxy) is 1. The summed E-state index contributed by atoms with van der Waals surface area (Å²) < 4.78 is 45.4. The molecule has 4 aliphatic rings. The summed E-state index contributed by atoms with van der Waals surface area (Å²) in [5.74, 6) is -7.99.